The smallest absolute Gasteiger partial charge is 0.289 e. The van der Waals surface area contributed by atoms with Crippen LogP contribution >= 0.6 is 0 Å². The standard InChI is InChI=1S/C22H22N4O4/c1-14-18(7-9-29-14)21(27)24-17-4-5-19-16(10-17)11-20(30-19)22(28)25(2)8-6-15-12-23-26(3)13-15/h4-5,7,9-13H,6,8H2,1-3H3,(H,24,27). The minimum Gasteiger partial charge on any atom is -0.469 e. The van der Waals surface area contributed by atoms with Crippen molar-refractivity contribution >= 4 is 28.5 Å². The number of nitrogens with one attached hydrogen (secondary N) is 1. The van der Waals surface area contributed by atoms with E-state index in [-0.39, 0.29) is 17.6 Å². The summed E-state index contributed by atoms with van der Waals surface area (Å²) in [4.78, 5) is 26.7. The maximum Gasteiger partial charge on any atom is 0.289 e. The molecular formula is C22H22N4O4. The zero-order valence-corrected chi connectivity index (χ0v) is 17.0. The number of carbonyl (C=O) groups is 2. The number of hydrogen-bond donors (Lipinski definition) is 1. The van der Waals surface area contributed by atoms with Crippen molar-refractivity contribution in [1.82, 2.24) is 14.7 Å². The number of amides is 2. The average Bonchev–Trinajstić information content (AvgIpc) is 3.44. The van der Waals surface area contributed by atoms with E-state index in [1.54, 1.807) is 60.1 Å². The van der Waals surface area contributed by atoms with Crippen molar-refractivity contribution < 1.29 is 18.4 Å². The van der Waals surface area contributed by atoms with Gasteiger partial charge in [-0.2, -0.15) is 5.10 Å². The first-order valence-corrected chi connectivity index (χ1v) is 9.53. The third kappa shape index (κ3) is 3.98. The highest BCUT2D eigenvalue weighted by Gasteiger charge is 2.18. The van der Waals surface area contributed by atoms with Crippen molar-refractivity contribution in [3.8, 4) is 0 Å². The molecule has 0 spiro atoms. The average molecular weight is 406 g/mol. The number of benzene rings is 1. The molecule has 0 atom stereocenters. The Morgan fingerprint density at radius 1 is 1.23 bits per heavy atom. The number of rotatable bonds is 6. The normalized spacial score (nSPS) is 11.0. The molecular weight excluding hydrogens is 384 g/mol. The maximum atomic E-state index is 12.7. The molecule has 2 amide bonds. The van der Waals surface area contributed by atoms with E-state index >= 15 is 0 Å². The van der Waals surface area contributed by atoms with Crippen LogP contribution in [0.4, 0.5) is 5.69 Å². The fourth-order valence-electron chi connectivity index (χ4n) is 3.23. The summed E-state index contributed by atoms with van der Waals surface area (Å²) in [5.41, 5.74) is 2.73. The molecule has 0 unspecified atom stereocenters. The minimum atomic E-state index is -0.254. The first kappa shape index (κ1) is 19.5. The highest BCUT2D eigenvalue weighted by atomic mass is 16.3. The van der Waals surface area contributed by atoms with E-state index in [2.05, 4.69) is 10.4 Å². The van der Waals surface area contributed by atoms with Crippen LogP contribution in [0.3, 0.4) is 0 Å². The molecule has 1 N–H and O–H groups in total. The molecule has 0 bridgehead atoms. The molecule has 8 nitrogen and oxygen atoms in total. The van der Waals surface area contributed by atoms with Crippen LogP contribution in [-0.2, 0) is 13.5 Å². The van der Waals surface area contributed by atoms with Crippen LogP contribution in [0.15, 0.2) is 57.8 Å². The molecule has 0 aliphatic carbocycles. The summed E-state index contributed by atoms with van der Waals surface area (Å²) < 4.78 is 12.6. The Balaban J connectivity index is 1.45. The summed E-state index contributed by atoms with van der Waals surface area (Å²) in [6.07, 6.45) is 5.91. The zero-order valence-electron chi connectivity index (χ0n) is 17.0. The van der Waals surface area contributed by atoms with E-state index in [9.17, 15) is 9.59 Å². The van der Waals surface area contributed by atoms with E-state index in [1.165, 1.54) is 6.26 Å². The van der Waals surface area contributed by atoms with Crippen molar-refractivity contribution in [3.05, 3.63) is 71.6 Å². The number of nitrogens with zero attached hydrogens (tertiary/aromatic N) is 3. The molecule has 8 heteroatoms. The number of fused-ring (bicyclic) bond motifs is 1. The Morgan fingerprint density at radius 2 is 2.07 bits per heavy atom. The van der Waals surface area contributed by atoms with Gasteiger partial charge in [0.25, 0.3) is 11.8 Å². The van der Waals surface area contributed by atoms with Gasteiger partial charge in [0, 0.05) is 37.9 Å². The number of furan rings is 2. The van der Waals surface area contributed by atoms with Crippen LogP contribution in [-0.4, -0.2) is 40.1 Å². The molecule has 3 heterocycles. The van der Waals surface area contributed by atoms with E-state index < -0.39 is 0 Å². The number of aryl methyl sites for hydroxylation is 2. The second-order valence-corrected chi connectivity index (χ2v) is 7.21. The summed E-state index contributed by atoms with van der Waals surface area (Å²) in [6, 6.07) is 8.56. The zero-order chi connectivity index (χ0) is 21.3. The molecule has 0 fully saturated rings. The molecule has 0 saturated heterocycles. The second-order valence-electron chi connectivity index (χ2n) is 7.21. The molecule has 3 aromatic heterocycles. The molecule has 4 aromatic rings. The quantitative estimate of drug-likeness (QED) is 0.528. The van der Waals surface area contributed by atoms with Crippen molar-refractivity contribution in [2.45, 2.75) is 13.3 Å². The van der Waals surface area contributed by atoms with Gasteiger partial charge in [0.05, 0.1) is 18.0 Å². The Labute approximate surface area is 173 Å². The molecule has 0 aliphatic heterocycles. The largest absolute Gasteiger partial charge is 0.469 e. The van der Waals surface area contributed by atoms with E-state index in [1.807, 2.05) is 13.2 Å². The van der Waals surface area contributed by atoms with Gasteiger partial charge in [0.15, 0.2) is 5.76 Å². The summed E-state index contributed by atoms with van der Waals surface area (Å²) in [6.45, 7) is 2.28. The number of aromatic nitrogens is 2. The van der Waals surface area contributed by atoms with Gasteiger partial charge in [-0.05, 0) is 49.2 Å². The maximum absolute atomic E-state index is 12.7. The van der Waals surface area contributed by atoms with E-state index in [0.29, 0.717) is 35.6 Å². The van der Waals surface area contributed by atoms with E-state index in [0.717, 1.165) is 10.9 Å². The number of anilines is 1. The number of hydrogen-bond acceptors (Lipinski definition) is 5. The van der Waals surface area contributed by atoms with Crippen molar-refractivity contribution in [1.29, 1.82) is 0 Å². The van der Waals surface area contributed by atoms with Crippen molar-refractivity contribution in [2.75, 3.05) is 18.9 Å². The third-order valence-corrected chi connectivity index (χ3v) is 4.93. The summed E-state index contributed by atoms with van der Waals surface area (Å²) in [7, 11) is 3.60. The van der Waals surface area contributed by atoms with Crippen molar-refractivity contribution in [3.63, 3.8) is 0 Å². The third-order valence-electron chi connectivity index (χ3n) is 4.93. The van der Waals surface area contributed by atoms with Gasteiger partial charge in [0.1, 0.15) is 11.3 Å². The minimum absolute atomic E-state index is 0.199. The van der Waals surface area contributed by atoms with Crippen LogP contribution in [0.2, 0.25) is 0 Å². The number of likely N-dealkylation sites (N-methyl/N-ethyl adjacent to an activating group) is 1. The molecule has 0 saturated carbocycles. The molecule has 0 radical (unpaired) electrons. The van der Waals surface area contributed by atoms with Gasteiger partial charge < -0.3 is 19.1 Å². The monoisotopic (exact) mass is 406 g/mol. The molecule has 154 valence electrons. The lowest BCUT2D eigenvalue weighted by molar-refractivity contribution is 0.0767. The van der Waals surface area contributed by atoms with Gasteiger partial charge in [0.2, 0.25) is 0 Å². The van der Waals surface area contributed by atoms with Crippen LogP contribution in [0.1, 0.15) is 32.2 Å². The van der Waals surface area contributed by atoms with Crippen LogP contribution in [0.5, 0.6) is 0 Å². The lowest BCUT2D eigenvalue weighted by atomic mass is 10.2. The predicted octanol–water partition coefficient (Wildman–Crippen LogP) is 3.63. The molecule has 1 aromatic carbocycles. The SMILES string of the molecule is Cc1occc1C(=O)Nc1ccc2oc(C(=O)N(C)CCc3cnn(C)c3)cc2c1. The summed E-state index contributed by atoms with van der Waals surface area (Å²) >= 11 is 0. The lowest BCUT2D eigenvalue weighted by Crippen LogP contribution is -2.28. The Bertz CT molecular complexity index is 1220. The number of carbonyl (C=O) groups excluding carboxylic acids is 2. The molecule has 4 rings (SSSR count). The highest BCUT2D eigenvalue weighted by Crippen LogP contribution is 2.24. The fraction of sp³-hybridized carbons (Fsp3) is 0.227. The van der Waals surface area contributed by atoms with Gasteiger partial charge >= 0.3 is 0 Å². The fourth-order valence-corrected chi connectivity index (χ4v) is 3.23. The Kier molecular flexibility index (Phi) is 5.14. The van der Waals surface area contributed by atoms with Gasteiger partial charge in [-0.15, -0.1) is 0 Å². The van der Waals surface area contributed by atoms with Crippen LogP contribution in [0, 0.1) is 6.92 Å². The van der Waals surface area contributed by atoms with E-state index in [4.69, 9.17) is 8.83 Å². The van der Waals surface area contributed by atoms with Crippen LogP contribution in [0.25, 0.3) is 11.0 Å². The van der Waals surface area contributed by atoms with Gasteiger partial charge in [-0.1, -0.05) is 0 Å². The highest BCUT2D eigenvalue weighted by molar-refractivity contribution is 6.06. The Morgan fingerprint density at radius 3 is 2.77 bits per heavy atom. The van der Waals surface area contributed by atoms with Crippen LogP contribution < -0.4 is 5.32 Å². The second kappa shape index (κ2) is 7.90. The Hall–Kier alpha value is -3.81. The topological polar surface area (TPSA) is 93.5 Å². The first-order chi connectivity index (χ1) is 14.4. The summed E-state index contributed by atoms with van der Waals surface area (Å²) in [5.74, 6) is 0.358. The summed E-state index contributed by atoms with van der Waals surface area (Å²) in [5, 5.41) is 7.71. The van der Waals surface area contributed by atoms with Crippen molar-refractivity contribution in [2.24, 2.45) is 7.05 Å². The van der Waals surface area contributed by atoms with Gasteiger partial charge in [-0.25, -0.2) is 0 Å². The predicted molar refractivity (Wildman–Crippen MR) is 111 cm³/mol. The molecule has 30 heavy (non-hydrogen) atoms. The lowest BCUT2D eigenvalue weighted by Gasteiger charge is -2.14. The molecule has 0 aliphatic rings. The first-order valence-electron chi connectivity index (χ1n) is 9.53. The van der Waals surface area contributed by atoms with Gasteiger partial charge in [-0.3, -0.25) is 14.3 Å².